The van der Waals surface area contributed by atoms with Crippen LogP contribution in [0.25, 0.3) is 0 Å². The number of aromatic carboxylic acids is 1. The minimum absolute atomic E-state index is 0.0683. The zero-order chi connectivity index (χ0) is 27.3. The second kappa shape index (κ2) is 12.9. The Balaban J connectivity index is 2.03. The molecule has 0 radical (unpaired) electrons. The summed E-state index contributed by atoms with van der Waals surface area (Å²) in [7, 11) is 3.92. The molecule has 0 unspecified atom stereocenters. The number of rotatable bonds is 7. The molecule has 2 fully saturated rings. The lowest BCUT2D eigenvalue weighted by Crippen LogP contribution is -2.55. The first-order chi connectivity index (χ1) is 17.5. The molecular weight excluding hydrogens is 486 g/mol. The molecule has 1 N–H and O–H groups in total. The van der Waals surface area contributed by atoms with Crippen molar-refractivity contribution in [2.45, 2.75) is 84.7 Å². The fourth-order valence-electron chi connectivity index (χ4n) is 5.40. The molecule has 0 spiro atoms. The van der Waals surface area contributed by atoms with Crippen LogP contribution < -0.4 is 4.90 Å². The molecule has 3 rings (SSSR count). The molecule has 0 bridgehead atoms. The van der Waals surface area contributed by atoms with Gasteiger partial charge in [0.05, 0.1) is 10.6 Å². The van der Waals surface area contributed by atoms with E-state index in [1.54, 1.807) is 11.0 Å². The number of hydrogen-bond acceptors (Lipinski definition) is 5. The maximum absolute atomic E-state index is 14.1. The highest BCUT2D eigenvalue weighted by Crippen LogP contribution is 2.37. The molecule has 7 nitrogen and oxygen atoms in total. The van der Waals surface area contributed by atoms with Crippen molar-refractivity contribution in [3.8, 4) is 11.8 Å². The summed E-state index contributed by atoms with van der Waals surface area (Å²) >= 11 is 1.08. The van der Waals surface area contributed by atoms with E-state index in [0.29, 0.717) is 22.9 Å². The van der Waals surface area contributed by atoms with Crippen LogP contribution in [-0.2, 0) is 9.59 Å². The van der Waals surface area contributed by atoms with Gasteiger partial charge in [0.2, 0.25) is 11.8 Å². The van der Waals surface area contributed by atoms with Crippen molar-refractivity contribution in [1.29, 1.82) is 0 Å². The highest BCUT2D eigenvalue weighted by molar-refractivity contribution is 7.15. The van der Waals surface area contributed by atoms with Crippen molar-refractivity contribution >= 4 is 34.8 Å². The van der Waals surface area contributed by atoms with Crippen LogP contribution in [0.3, 0.4) is 0 Å². The van der Waals surface area contributed by atoms with E-state index >= 15 is 0 Å². The third-order valence-electron chi connectivity index (χ3n) is 7.82. The van der Waals surface area contributed by atoms with Gasteiger partial charge in [-0.15, -0.1) is 11.3 Å². The number of likely N-dealkylation sites (tertiary alicyclic amines) is 1. The van der Waals surface area contributed by atoms with Crippen molar-refractivity contribution < 1.29 is 19.5 Å². The van der Waals surface area contributed by atoms with Crippen LogP contribution in [0.4, 0.5) is 5.69 Å². The fraction of sp³-hybridized carbons (Fsp3) is 0.690. The highest BCUT2D eigenvalue weighted by Gasteiger charge is 2.40. The standard InChI is InChI=1S/C29H43N3O4S/c1-7-24(28(34)31(6)22-14-16-30(5)17-15-22)32(27(33)21-11-9-20(4)10-12-21)25-18-23(13-8-19(2)3)37-26(25)29(35)36/h18-22,24H,7,9-12,14-17H2,1-6H3,(H,35,36)/t20?,21?,24-/m1/s1. The lowest BCUT2D eigenvalue weighted by Gasteiger charge is -2.40. The van der Waals surface area contributed by atoms with Gasteiger partial charge < -0.3 is 14.9 Å². The van der Waals surface area contributed by atoms with E-state index < -0.39 is 12.0 Å². The van der Waals surface area contributed by atoms with Gasteiger partial charge in [0.25, 0.3) is 0 Å². The molecule has 1 saturated carbocycles. The zero-order valence-corrected chi connectivity index (χ0v) is 24.1. The lowest BCUT2D eigenvalue weighted by atomic mass is 9.82. The number of hydrogen-bond donors (Lipinski definition) is 1. The number of carbonyl (C=O) groups is 3. The zero-order valence-electron chi connectivity index (χ0n) is 23.2. The Morgan fingerprint density at radius 1 is 1.14 bits per heavy atom. The van der Waals surface area contributed by atoms with Gasteiger partial charge in [-0.3, -0.25) is 14.5 Å². The molecule has 1 aliphatic carbocycles. The topological polar surface area (TPSA) is 81.2 Å². The fourth-order valence-corrected chi connectivity index (χ4v) is 6.25. The van der Waals surface area contributed by atoms with Crippen LogP contribution >= 0.6 is 11.3 Å². The van der Waals surface area contributed by atoms with E-state index in [4.69, 9.17) is 0 Å². The lowest BCUT2D eigenvalue weighted by molar-refractivity contribution is -0.137. The second-order valence-corrected chi connectivity index (χ2v) is 12.2. The van der Waals surface area contributed by atoms with Gasteiger partial charge in [-0.2, -0.15) is 0 Å². The number of anilines is 1. The van der Waals surface area contributed by atoms with Crippen LogP contribution in [0.15, 0.2) is 6.07 Å². The average molecular weight is 530 g/mol. The van der Waals surface area contributed by atoms with Gasteiger partial charge in [-0.05, 0) is 77.1 Å². The molecule has 37 heavy (non-hydrogen) atoms. The van der Waals surface area contributed by atoms with E-state index in [9.17, 15) is 19.5 Å². The number of carboxylic acid groups (broad SMARTS) is 1. The van der Waals surface area contributed by atoms with Gasteiger partial charge in [-0.25, -0.2) is 4.79 Å². The van der Waals surface area contributed by atoms with Crippen LogP contribution in [0.2, 0.25) is 0 Å². The minimum Gasteiger partial charge on any atom is -0.477 e. The van der Waals surface area contributed by atoms with Crippen molar-refractivity contribution in [1.82, 2.24) is 9.80 Å². The molecule has 8 heteroatoms. The van der Waals surface area contributed by atoms with Crippen LogP contribution in [0.1, 0.15) is 87.2 Å². The third-order valence-corrected chi connectivity index (χ3v) is 8.85. The van der Waals surface area contributed by atoms with Gasteiger partial charge in [0, 0.05) is 24.9 Å². The molecule has 1 atom stereocenters. The van der Waals surface area contributed by atoms with Gasteiger partial charge in [0.1, 0.15) is 10.9 Å². The van der Waals surface area contributed by atoms with Crippen molar-refractivity contribution in [3.05, 3.63) is 15.8 Å². The number of carboxylic acids is 1. The molecular formula is C29H43N3O4S. The Morgan fingerprint density at radius 2 is 1.76 bits per heavy atom. The van der Waals surface area contributed by atoms with Gasteiger partial charge in [0.15, 0.2) is 0 Å². The smallest absolute Gasteiger partial charge is 0.348 e. The summed E-state index contributed by atoms with van der Waals surface area (Å²) in [6, 6.07) is 1.06. The predicted molar refractivity (Wildman–Crippen MR) is 149 cm³/mol. The molecule has 2 aliphatic rings. The first-order valence-corrected chi connectivity index (χ1v) is 14.5. The molecule has 1 aromatic rings. The second-order valence-electron chi connectivity index (χ2n) is 11.1. The molecule has 2 amide bonds. The number of likely N-dealkylation sites (N-methyl/N-ethyl adjacent to an activating group) is 1. The summed E-state index contributed by atoms with van der Waals surface area (Å²) in [5, 5.41) is 10.1. The summed E-state index contributed by atoms with van der Waals surface area (Å²) < 4.78 is 0. The van der Waals surface area contributed by atoms with Gasteiger partial charge >= 0.3 is 5.97 Å². The normalized spacial score (nSPS) is 21.7. The Labute approximate surface area is 226 Å². The summed E-state index contributed by atoms with van der Waals surface area (Å²) in [5.74, 6) is 5.31. The molecule has 204 valence electrons. The third kappa shape index (κ3) is 7.14. The van der Waals surface area contributed by atoms with Crippen LogP contribution in [-0.4, -0.2) is 72.0 Å². The van der Waals surface area contributed by atoms with Crippen LogP contribution in [0.5, 0.6) is 0 Å². The van der Waals surface area contributed by atoms with Crippen LogP contribution in [0, 0.1) is 29.6 Å². The number of piperidine rings is 1. The minimum atomic E-state index is -1.10. The molecule has 1 aliphatic heterocycles. The average Bonchev–Trinajstić information content (AvgIpc) is 3.30. The summed E-state index contributed by atoms with van der Waals surface area (Å²) in [5.41, 5.74) is 0.311. The SMILES string of the molecule is CC[C@H](C(=O)N(C)C1CCN(C)CC1)N(C(=O)C1CCC(C)CC1)c1cc(C#CC(C)C)sc1C(=O)O. The molecule has 0 aromatic carbocycles. The van der Waals surface area contributed by atoms with Gasteiger partial charge in [-0.1, -0.05) is 39.5 Å². The summed E-state index contributed by atoms with van der Waals surface area (Å²) in [6.45, 7) is 9.91. The Bertz CT molecular complexity index is 1020. The van der Waals surface area contributed by atoms with E-state index in [1.165, 1.54) is 4.90 Å². The number of nitrogens with zero attached hydrogens (tertiary/aromatic N) is 3. The Hall–Kier alpha value is -2.37. The predicted octanol–water partition coefficient (Wildman–Crippen LogP) is 4.94. The van der Waals surface area contributed by atoms with E-state index in [1.807, 2.05) is 27.8 Å². The monoisotopic (exact) mass is 529 g/mol. The molecule has 1 aromatic heterocycles. The van der Waals surface area contributed by atoms with E-state index in [0.717, 1.165) is 63.0 Å². The van der Waals surface area contributed by atoms with Crippen molar-refractivity contribution in [2.75, 3.05) is 32.1 Å². The number of amides is 2. The number of carbonyl (C=O) groups excluding carboxylic acids is 2. The maximum atomic E-state index is 14.1. The first-order valence-electron chi connectivity index (χ1n) is 13.7. The molecule has 1 saturated heterocycles. The molecule has 2 heterocycles. The van der Waals surface area contributed by atoms with E-state index in [2.05, 4.69) is 30.7 Å². The largest absolute Gasteiger partial charge is 0.477 e. The summed E-state index contributed by atoms with van der Waals surface area (Å²) in [4.78, 5) is 46.7. The van der Waals surface area contributed by atoms with Crippen molar-refractivity contribution in [3.63, 3.8) is 0 Å². The summed E-state index contributed by atoms with van der Waals surface area (Å²) in [6.07, 6.45) is 5.63. The Kier molecular flexibility index (Phi) is 10.2. The Morgan fingerprint density at radius 3 is 2.30 bits per heavy atom. The van der Waals surface area contributed by atoms with Crippen molar-refractivity contribution in [2.24, 2.45) is 17.8 Å². The quantitative estimate of drug-likeness (QED) is 0.506. The highest BCUT2D eigenvalue weighted by atomic mass is 32.1. The first kappa shape index (κ1) is 29.2. The number of thiophene rings is 1. The maximum Gasteiger partial charge on any atom is 0.348 e. The van der Waals surface area contributed by atoms with E-state index in [-0.39, 0.29) is 34.6 Å².